The molecule has 1 aromatic heterocycles. The van der Waals surface area contributed by atoms with Crippen molar-refractivity contribution in [3.63, 3.8) is 0 Å². The Morgan fingerprint density at radius 2 is 2.44 bits per heavy atom. The van der Waals surface area contributed by atoms with Crippen LogP contribution in [0.25, 0.3) is 0 Å². The molecule has 1 unspecified atom stereocenters. The van der Waals surface area contributed by atoms with E-state index in [2.05, 4.69) is 21.2 Å². The Kier molecular flexibility index (Phi) is 5.50. The van der Waals surface area contributed by atoms with Gasteiger partial charge in [0.2, 0.25) is 5.91 Å². The number of rotatable bonds is 5. The summed E-state index contributed by atoms with van der Waals surface area (Å²) in [5.41, 5.74) is 0. The van der Waals surface area contributed by atoms with Crippen LogP contribution in [0.15, 0.2) is 15.9 Å². The SMILES string of the molecule is CCCC(C#N)C(=O)NCc1ccc(Br)s1. The van der Waals surface area contributed by atoms with E-state index in [-0.39, 0.29) is 5.91 Å². The van der Waals surface area contributed by atoms with Gasteiger partial charge >= 0.3 is 0 Å². The van der Waals surface area contributed by atoms with Gasteiger partial charge in [0.1, 0.15) is 5.92 Å². The molecule has 1 aromatic rings. The maximum atomic E-state index is 11.6. The van der Waals surface area contributed by atoms with Crippen LogP contribution in [0.4, 0.5) is 0 Å². The molecule has 0 aliphatic carbocycles. The minimum absolute atomic E-state index is 0.172. The van der Waals surface area contributed by atoms with E-state index in [9.17, 15) is 4.79 Å². The van der Waals surface area contributed by atoms with Gasteiger partial charge in [-0.1, -0.05) is 13.3 Å². The molecule has 3 nitrogen and oxygen atoms in total. The monoisotopic (exact) mass is 300 g/mol. The molecule has 1 heterocycles. The van der Waals surface area contributed by atoms with E-state index < -0.39 is 5.92 Å². The van der Waals surface area contributed by atoms with Crippen molar-refractivity contribution < 1.29 is 4.79 Å². The molecule has 86 valence electrons. The van der Waals surface area contributed by atoms with Crippen LogP contribution in [0.1, 0.15) is 24.6 Å². The first-order valence-corrected chi connectivity index (χ1v) is 6.69. The van der Waals surface area contributed by atoms with Crippen LogP contribution in [0.3, 0.4) is 0 Å². The predicted molar refractivity (Wildman–Crippen MR) is 67.9 cm³/mol. The quantitative estimate of drug-likeness (QED) is 0.908. The lowest BCUT2D eigenvalue weighted by Gasteiger charge is -2.07. The first-order valence-electron chi connectivity index (χ1n) is 5.09. The van der Waals surface area contributed by atoms with E-state index in [1.807, 2.05) is 25.1 Å². The van der Waals surface area contributed by atoms with Gasteiger partial charge in [0.25, 0.3) is 0 Å². The molecule has 0 saturated heterocycles. The topological polar surface area (TPSA) is 52.9 Å². The highest BCUT2D eigenvalue weighted by molar-refractivity contribution is 9.11. The van der Waals surface area contributed by atoms with Crippen LogP contribution in [0.5, 0.6) is 0 Å². The minimum Gasteiger partial charge on any atom is -0.350 e. The van der Waals surface area contributed by atoms with Crippen molar-refractivity contribution in [2.45, 2.75) is 26.3 Å². The summed E-state index contributed by atoms with van der Waals surface area (Å²) in [5.74, 6) is -0.692. The van der Waals surface area contributed by atoms with Crippen molar-refractivity contribution in [3.05, 3.63) is 20.8 Å². The van der Waals surface area contributed by atoms with E-state index in [1.54, 1.807) is 11.3 Å². The molecule has 0 aromatic carbocycles. The van der Waals surface area contributed by atoms with Gasteiger partial charge in [-0.15, -0.1) is 11.3 Å². The van der Waals surface area contributed by atoms with Crippen LogP contribution >= 0.6 is 27.3 Å². The minimum atomic E-state index is -0.520. The highest BCUT2D eigenvalue weighted by Crippen LogP contribution is 2.21. The van der Waals surface area contributed by atoms with E-state index in [1.165, 1.54) is 0 Å². The fraction of sp³-hybridized carbons (Fsp3) is 0.455. The summed E-state index contributed by atoms with van der Waals surface area (Å²) in [7, 11) is 0. The zero-order valence-corrected chi connectivity index (χ0v) is 11.4. The van der Waals surface area contributed by atoms with E-state index in [4.69, 9.17) is 5.26 Å². The van der Waals surface area contributed by atoms with Crippen molar-refractivity contribution in [3.8, 4) is 6.07 Å². The Hall–Kier alpha value is -0.860. The molecule has 1 atom stereocenters. The van der Waals surface area contributed by atoms with Gasteiger partial charge in [0.05, 0.1) is 16.4 Å². The zero-order chi connectivity index (χ0) is 12.0. The Morgan fingerprint density at radius 1 is 1.69 bits per heavy atom. The number of carbonyl (C=O) groups excluding carboxylic acids is 1. The van der Waals surface area contributed by atoms with Crippen LogP contribution in [0, 0.1) is 17.2 Å². The number of hydrogen-bond acceptors (Lipinski definition) is 3. The zero-order valence-electron chi connectivity index (χ0n) is 9.00. The first-order chi connectivity index (χ1) is 7.67. The van der Waals surface area contributed by atoms with Gasteiger partial charge in [-0.3, -0.25) is 4.79 Å². The van der Waals surface area contributed by atoms with Crippen molar-refractivity contribution in [1.82, 2.24) is 5.32 Å². The largest absolute Gasteiger partial charge is 0.350 e. The lowest BCUT2D eigenvalue weighted by Crippen LogP contribution is -2.29. The Morgan fingerprint density at radius 3 is 2.94 bits per heavy atom. The van der Waals surface area contributed by atoms with Gasteiger partial charge in [-0.2, -0.15) is 5.26 Å². The molecular weight excluding hydrogens is 288 g/mol. The Bertz CT molecular complexity index is 397. The maximum absolute atomic E-state index is 11.6. The van der Waals surface area contributed by atoms with Gasteiger partial charge in [-0.05, 0) is 34.5 Å². The normalized spacial score (nSPS) is 11.8. The molecule has 1 amide bonds. The molecule has 0 fully saturated rings. The summed E-state index contributed by atoms with van der Waals surface area (Å²) in [6, 6.07) is 5.93. The summed E-state index contributed by atoms with van der Waals surface area (Å²) in [6.45, 7) is 2.46. The third kappa shape index (κ3) is 3.95. The average molecular weight is 301 g/mol. The maximum Gasteiger partial charge on any atom is 0.237 e. The second kappa shape index (κ2) is 6.66. The van der Waals surface area contributed by atoms with Crippen LogP contribution < -0.4 is 5.32 Å². The summed E-state index contributed by atoms with van der Waals surface area (Å²) < 4.78 is 1.04. The number of thiophene rings is 1. The van der Waals surface area contributed by atoms with Gasteiger partial charge in [0.15, 0.2) is 0 Å². The molecule has 1 rings (SSSR count). The number of carbonyl (C=O) groups is 1. The summed E-state index contributed by atoms with van der Waals surface area (Å²) >= 11 is 4.94. The molecule has 5 heteroatoms. The number of nitrogens with zero attached hydrogens (tertiary/aromatic N) is 1. The number of nitriles is 1. The van der Waals surface area contributed by atoms with Crippen molar-refractivity contribution in [1.29, 1.82) is 5.26 Å². The fourth-order valence-electron chi connectivity index (χ4n) is 1.29. The standard InChI is InChI=1S/C11H13BrN2OS/c1-2-3-8(6-13)11(15)14-7-9-4-5-10(12)16-9/h4-5,8H,2-3,7H2,1H3,(H,14,15). The van der Waals surface area contributed by atoms with E-state index >= 15 is 0 Å². The number of amides is 1. The van der Waals surface area contributed by atoms with Gasteiger partial charge < -0.3 is 5.32 Å². The van der Waals surface area contributed by atoms with Gasteiger partial charge in [0, 0.05) is 4.88 Å². The third-order valence-corrected chi connectivity index (χ3v) is 3.74. The second-order valence-electron chi connectivity index (χ2n) is 3.39. The summed E-state index contributed by atoms with van der Waals surface area (Å²) in [5, 5.41) is 11.6. The summed E-state index contributed by atoms with van der Waals surface area (Å²) in [4.78, 5) is 12.7. The smallest absolute Gasteiger partial charge is 0.237 e. The molecular formula is C11H13BrN2OS. The molecule has 0 saturated carbocycles. The van der Waals surface area contributed by atoms with Crippen LogP contribution in [-0.4, -0.2) is 5.91 Å². The third-order valence-electron chi connectivity index (χ3n) is 2.12. The number of hydrogen-bond donors (Lipinski definition) is 1. The molecule has 0 bridgehead atoms. The molecule has 0 aliphatic rings. The summed E-state index contributed by atoms with van der Waals surface area (Å²) in [6.07, 6.45) is 1.46. The van der Waals surface area contributed by atoms with E-state index in [0.717, 1.165) is 15.1 Å². The van der Waals surface area contributed by atoms with Crippen LogP contribution in [0.2, 0.25) is 0 Å². The molecule has 0 spiro atoms. The lowest BCUT2D eigenvalue weighted by atomic mass is 10.1. The fourth-order valence-corrected chi connectivity index (χ4v) is 2.71. The van der Waals surface area contributed by atoms with E-state index in [0.29, 0.717) is 13.0 Å². The highest BCUT2D eigenvalue weighted by Gasteiger charge is 2.16. The van der Waals surface area contributed by atoms with Crippen LogP contribution in [-0.2, 0) is 11.3 Å². The van der Waals surface area contributed by atoms with Crippen molar-refractivity contribution >= 4 is 33.2 Å². The number of halogens is 1. The first kappa shape index (κ1) is 13.2. The highest BCUT2D eigenvalue weighted by atomic mass is 79.9. The van der Waals surface area contributed by atoms with Crippen molar-refractivity contribution in [2.24, 2.45) is 5.92 Å². The second-order valence-corrected chi connectivity index (χ2v) is 5.94. The van der Waals surface area contributed by atoms with Crippen molar-refractivity contribution in [2.75, 3.05) is 0 Å². The average Bonchev–Trinajstić information content (AvgIpc) is 2.68. The number of nitrogens with one attached hydrogen (secondary N) is 1. The molecule has 1 N–H and O–H groups in total. The van der Waals surface area contributed by atoms with Gasteiger partial charge in [-0.25, -0.2) is 0 Å². The predicted octanol–water partition coefficient (Wildman–Crippen LogP) is 3.07. The molecule has 16 heavy (non-hydrogen) atoms. The Labute approximate surface area is 108 Å². The molecule has 0 radical (unpaired) electrons. The lowest BCUT2D eigenvalue weighted by molar-refractivity contribution is -0.123. The molecule has 0 aliphatic heterocycles. The Balaban J connectivity index is 2.43.